The minimum Gasteiger partial charge on any atom is -0.310 e. The van der Waals surface area contributed by atoms with Crippen molar-refractivity contribution in [3.05, 3.63) is 0 Å². The maximum absolute atomic E-state index is 3.95. The average Bonchev–Trinajstić information content (AvgIpc) is 2.23. The molecule has 1 heterocycles. The fraction of sp³-hybridized carbons (Fsp3) is 1.00. The van der Waals surface area contributed by atoms with Gasteiger partial charge in [0.25, 0.3) is 0 Å². The van der Waals surface area contributed by atoms with Crippen LogP contribution in [0.4, 0.5) is 0 Å². The summed E-state index contributed by atoms with van der Waals surface area (Å²) in [6.07, 6.45) is 2.55. The lowest BCUT2D eigenvalue weighted by atomic mass is 9.88. The predicted octanol–water partition coefficient (Wildman–Crippen LogP) is 2.28. The summed E-state index contributed by atoms with van der Waals surface area (Å²) in [5.74, 6) is 1.51. The van der Waals surface area contributed by atoms with Crippen LogP contribution in [0.2, 0.25) is 0 Å². The quantitative estimate of drug-likeness (QED) is 0.798. The smallest absolute Gasteiger partial charge is 0.0199 e. The van der Waals surface area contributed by atoms with Gasteiger partial charge in [0.15, 0.2) is 0 Å². The Hall–Kier alpha value is -0.120. The first-order valence-corrected chi connectivity index (χ1v) is 7.90. The van der Waals surface area contributed by atoms with Crippen LogP contribution in [0.15, 0.2) is 0 Å². The number of nitrogens with zero attached hydrogens (tertiary/aromatic N) is 2. The molecule has 1 N–H and O–H groups in total. The zero-order valence-electron chi connectivity index (χ0n) is 14.1. The fourth-order valence-corrected chi connectivity index (χ4v) is 3.28. The van der Waals surface area contributed by atoms with Gasteiger partial charge in [-0.05, 0) is 52.7 Å². The molecule has 0 aromatic rings. The molecule has 1 fully saturated rings. The molecule has 19 heavy (non-hydrogen) atoms. The Kier molecular flexibility index (Phi) is 6.78. The van der Waals surface area contributed by atoms with Gasteiger partial charge in [0.1, 0.15) is 0 Å². The third kappa shape index (κ3) is 5.80. The number of piperidine rings is 1. The lowest BCUT2D eigenvalue weighted by molar-refractivity contribution is 0.110. The maximum Gasteiger partial charge on any atom is 0.0199 e. The van der Waals surface area contributed by atoms with Gasteiger partial charge in [-0.1, -0.05) is 20.8 Å². The van der Waals surface area contributed by atoms with Gasteiger partial charge in [-0.25, -0.2) is 0 Å². The Morgan fingerprint density at radius 3 is 2.42 bits per heavy atom. The molecule has 4 atom stereocenters. The van der Waals surface area contributed by atoms with Crippen LogP contribution < -0.4 is 5.32 Å². The van der Waals surface area contributed by atoms with Crippen LogP contribution in [0.1, 0.15) is 40.5 Å². The number of rotatable bonds is 6. The van der Waals surface area contributed by atoms with E-state index in [9.17, 15) is 0 Å². The van der Waals surface area contributed by atoms with E-state index in [0.717, 1.165) is 18.4 Å². The van der Waals surface area contributed by atoms with Crippen molar-refractivity contribution in [2.45, 2.75) is 58.7 Å². The summed E-state index contributed by atoms with van der Waals surface area (Å²) < 4.78 is 0. The fourth-order valence-electron chi connectivity index (χ4n) is 3.28. The van der Waals surface area contributed by atoms with Crippen LogP contribution in [0.5, 0.6) is 0 Å². The third-order valence-electron chi connectivity index (χ3n) is 4.40. The summed E-state index contributed by atoms with van der Waals surface area (Å²) in [5, 5.41) is 3.95. The van der Waals surface area contributed by atoms with Crippen LogP contribution in [0, 0.1) is 11.8 Å². The van der Waals surface area contributed by atoms with Crippen molar-refractivity contribution in [3.63, 3.8) is 0 Å². The van der Waals surface area contributed by atoms with Crippen molar-refractivity contribution in [1.29, 1.82) is 0 Å². The highest BCUT2D eigenvalue weighted by molar-refractivity contribution is 4.88. The number of likely N-dealkylation sites (N-methyl/N-ethyl adjacent to an activating group) is 1. The molecule has 3 heteroatoms. The van der Waals surface area contributed by atoms with Gasteiger partial charge >= 0.3 is 0 Å². The molecule has 114 valence electrons. The van der Waals surface area contributed by atoms with E-state index >= 15 is 0 Å². The third-order valence-corrected chi connectivity index (χ3v) is 4.40. The normalized spacial score (nSPS) is 31.1. The molecular weight excluding hydrogens is 234 g/mol. The van der Waals surface area contributed by atoms with Crippen molar-refractivity contribution in [1.82, 2.24) is 15.1 Å². The van der Waals surface area contributed by atoms with Crippen LogP contribution in [-0.2, 0) is 0 Å². The molecule has 0 aliphatic carbocycles. The lowest BCUT2D eigenvalue weighted by Crippen LogP contribution is -2.55. The van der Waals surface area contributed by atoms with Gasteiger partial charge in [0.05, 0.1) is 0 Å². The second kappa shape index (κ2) is 7.61. The van der Waals surface area contributed by atoms with Crippen molar-refractivity contribution in [3.8, 4) is 0 Å². The molecule has 0 spiro atoms. The first-order chi connectivity index (χ1) is 8.79. The highest BCUT2D eigenvalue weighted by Gasteiger charge is 2.30. The van der Waals surface area contributed by atoms with Crippen LogP contribution in [0.3, 0.4) is 0 Å². The van der Waals surface area contributed by atoms with Gasteiger partial charge in [-0.15, -0.1) is 0 Å². The van der Waals surface area contributed by atoms with Crippen LogP contribution >= 0.6 is 0 Å². The Morgan fingerprint density at radius 2 is 1.89 bits per heavy atom. The van der Waals surface area contributed by atoms with E-state index in [4.69, 9.17) is 0 Å². The summed E-state index contributed by atoms with van der Waals surface area (Å²) in [6.45, 7) is 11.8. The number of likely N-dealkylation sites (tertiary alicyclic amines) is 1. The molecular formula is C16H35N3. The molecule has 0 aromatic heterocycles. The highest BCUT2D eigenvalue weighted by atomic mass is 15.2. The molecule has 0 bridgehead atoms. The highest BCUT2D eigenvalue weighted by Crippen LogP contribution is 2.22. The summed E-state index contributed by atoms with van der Waals surface area (Å²) in [6, 6.07) is 2.00. The molecule has 4 unspecified atom stereocenters. The van der Waals surface area contributed by atoms with E-state index in [1.165, 1.54) is 19.4 Å². The van der Waals surface area contributed by atoms with Crippen molar-refractivity contribution >= 4 is 0 Å². The summed E-state index contributed by atoms with van der Waals surface area (Å²) in [7, 11) is 6.61. The van der Waals surface area contributed by atoms with Crippen molar-refractivity contribution < 1.29 is 0 Å². The molecule has 1 aliphatic rings. The monoisotopic (exact) mass is 269 g/mol. The van der Waals surface area contributed by atoms with Crippen molar-refractivity contribution in [2.75, 3.05) is 34.2 Å². The standard InChI is InChI=1S/C16H35N3/c1-12(2)8-15(11-18(5)6)17-16-9-14(4)19(7)10-13(16)3/h12-17H,8-11H2,1-7H3. The van der Waals surface area contributed by atoms with E-state index in [1.54, 1.807) is 0 Å². The number of hydrogen-bond donors (Lipinski definition) is 1. The summed E-state index contributed by atoms with van der Waals surface area (Å²) in [4.78, 5) is 4.80. The van der Waals surface area contributed by atoms with Gasteiger partial charge in [-0.3, -0.25) is 0 Å². The molecule has 1 saturated heterocycles. The summed E-state index contributed by atoms with van der Waals surface area (Å²) in [5.41, 5.74) is 0. The Balaban J connectivity index is 2.56. The molecule has 0 saturated carbocycles. The Bertz CT molecular complexity index is 242. The Labute approximate surface area is 120 Å². The first-order valence-electron chi connectivity index (χ1n) is 7.90. The van der Waals surface area contributed by atoms with E-state index < -0.39 is 0 Å². The molecule has 0 amide bonds. The largest absolute Gasteiger partial charge is 0.310 e. The molecule has 1 aliphatic heterocycles. The van der Waals surface area contributed by atoms with E-state index in [-0.39, 0.29) is 0 Å². The van der Waals surface area contributed by atoms with Crippen LogP contribution in [-0.4, -0.2) is 62.2 Å². The van der Waals surface area contributed by atoms with Gasteiger partial charge < -0.3 is 15.1 Å². The van der Waals surface area contributed by atoms with Gasteiger partial charge in [-0.2, -0.15) is 0 Å². The minimum absolute atomic E-state index is 0.623. The van der Waals surface area contributed by atoms with E-state index in [2.05, 4.69) is 64.0 Å². The van der Waals surface area contributed by atoms with E-state index in [0.29, 0.717) is 18.1 Å². The molecule has 1 rings (SSSR count). The zero-order chi connectivity index (χ0) is 14.6. The number of hydrogen-bond acceptors (Lipinski definition) is 3. The minimum atomic E-state index is 0.623. The Morgan fingerprint density at radius 1 is 1.26 bits per heavy atom. The average molecular weight is 269 g/mol. The zero-order valence-corrected chi connectivity index (χ0v) is 14.1. The molecule has 0 radical (unpaired) electrons. The topological polar surface area (TPSA) is 18.5 Å². The summed E-state index contributed by atoms with van der Waals surface area (Å²) >= 11 is 0. The van der Waals surface area contributed by atoms with E-state index in [1.807, 2.05) is 0 Å². The van der Waals surface area contributed by atoms with Crippen molar-refractivity contribution in [2.24, 2.45) is 11.8 Å². The van der Waals surface area contributed by atoms with Gasteiger partial charge in [0.2, 0.25) is 0 Å². The SMILES string of the molecule is CC(C)CC(CN(C)C)NC1CC(C)N(C)CC1C. The second-order valence-corrected chi connectivity index (χ2v) is 7.36. The molecule has 0 aromatic carbocycles. The predicted molar refractivity (Wildman–Crippen MR) is 84.6 cm³/mol. The van der Waals surface area contributed by atoms with Gasteiger partial charge in [0, 0.05) is 31.2 Å². The second-order valence-electron chi connectivity index (χ2n) is 7.36. The lowest BCUT2D eigenvalue weighted by Gasteiger charge is -2.42. The number of nitrogens with one attached hydrogen (secondary N) is 1. The first kappa shape index (κ1) is 16.9. The van der Waals surface area contributed by atoms with Crippen LogP contribution in [0.25, 0.3) is 0 Å². The maximum atomic E-state index is 3.95. The molecule has 3 nitrogen and oxygen atoms in total.